The molecule has 0 bridgehead atoms. The Morgan fingerprint density at radius 3 is 2.70 bits per heavy atom. The molecule has 0 fully saturated rings. The Bertz CT molecular complexity index is 834. The lowest BCUT2D eigenvalue weighted by Crippen LogP contribution is -2.01. The highest BCUT2D eigenvalue weighted by atomic mass is 16.3. The molecule has 0 saturated heterocycles. The van der Waals surface area contributed by atoms with Crippen molar-refractivity contribution in [1.29, 1.82) is 0 Å². The van der Waals surface area contributed by atoms with Gasteiger partial charge in [-0.05, 0) is 36.2 Å². The standard InChI is InChI=1S/C17H15NO2/c1-2-11-6-7-16-14(8-11)15(19)10-17(20-16)12-4-3-5-13(18)9-12/h3-10H,2,18H2,1H3. The number of benzene rings is 2. The Labute approximate surface area is 116 Å². The van der Waals surface area contributed by atoms with Gasteiger partial charge in [0.2, 0.25) is 0 Å². The van der Waals surface area contributed by atoms with Crippen molar-refractivity contribution in [2.24, 2.45) is 0 Å². The molecule has 0 unspecified atom stereocenters. The maximum absolute atomic E-state index is 12.2. The number of hydrogen-bond donors (Lipinski definition) is 1. The molecular weight excluding hydrogens is 250 g/mol. The van der Waals surface area contributed by atoms with Crippen molar-refractivity contribution in [2.75, 3.05) is 5.73 Å². The molecule has 3 aromatic rings. The molecule has 1 heterocycles. The second kappa shape index (κ2) is 4.85. The first kappa shape index (κ1) is 12.5. The van der Waals surface area contributed by atoms with E-state index in [1.54, 1.807) is 12.1 Å². The van der Waals surface area contributed by atoms with Crippen LogP contribution >= 0.6 is 0 Å². The number of fused-ring (bicyclic) bond motifs is 1. The van der Waals surface area contributed by atoms with Crippen LogP contribution in [-0.4, -0.2) is 0 Å². The number of hydrogen-bond acceptors (Lipinski definition) is 3. The summed E-state index contributed by atoms with van der Waals surface area (Å²) >= 11 is 0. The minimum absolute atomic E-state index is 0.0287. The van der Waals surface area contributed by atoms with E-state index in [0.717, 1.165) is 17.5 Å². The lowest BCUT2D eigenvalue weighted by Gasteiger charge is -2.05. The number of anilines is 1. The lowest BCUT2D eigenvalue weighted by molar-refractivity contribution is 0.619. The maximum atomic E-state index is 12.2. The molecule has 0 radical (unpaired) electrons. The molecule has 0 aliphatic carbocycles. The predicted molar refractivity (Wildman–Crippen MR) is 81.7 cm³/mol. The molecule has 20 heavy (non-hydrogen) atoms. The fourth-order valence-electron chi connectivity index (χ4n) is 2.26. The topological polar surface area (TPSA) is 56.2 Å². The quantitative estimate of drug-likeness (QED) is 0.720. The molecule has 0 atom stereocenters. The van der Waals surface area contributed by atoms with Crippen LogP contribution in [0.25, 0.3) is 22.3 Å². The SMILES string of the molecule is CCc1ccc2oc(-c3cccc(N)c3)cc(=O)c2c1. The summed E-state index contributed by atoms with van der Waals surface area (Å²) in [5.74, 6) is 0.541. The van der Waals surface area contributed by atoms with Gasteiger partial charge in [0.05, 0.1) is 5.39 Å². The van der Waals surface area contributed by atoms with E-state index in [2.05, 4.69) is 6.92 Å². The molecule has 3 rings (SSSR count). The van der Waals surface area contributed by atoms with Gasteiger partial charge in [-0.25, -0.2) is 0 Å². The van der Waals surface area contributed by atoms with Gasteiger partial charge in [-0.1, -0.05) is 25.1 Å². The van der Waals surface area contributed by atoms with Crippen LogP contribution in [0, 0.1) is 0 Å². The third-order valence-electron chi connectivity index (χ3n) is 3.37. The lowest BCUT2D eigenvalue weighted by atomic mass is 10.1. The van der Waals surface area contributed by atoms with Gasteiger partial charge in [0, 0.05) is 17.3 Å². The minimum Gasteiger partial charge on any atom is -0.456 e. The second-order valence-electron chi connectivity index (χ2n) is 4.78. The maximum Gasteiger partial charge on any atom is 0.193 e. The summed E-state index contributed by atoms with van der Waals surface area (Å²) in [7, 11) is 0. The third kappa shape index (κ3) is 2.18. The van der Waals surface area contributed by atoms with Crippen LogP contribution in [0.5, 0.6) is 0 Å². The summed E-state index contributed by atoms with van der Waals surface area (Å²) in [4.78, 5) is 12.2. The fourth-order valence-corrected chi connectivity index (χ4v) is 2.26. The number of rotatable bonds is 2. The second-order valence-corrected chi connectivity index (χ2v) is 4.78. The van der Waals surface area contributed by atoms with E-state index >= 15 is 0 Å². The van der Waals surface area contributed by atoms with Crippen molar-refractivity contribution in [3.63, 3.8) is 0 Å². The Morgan fingerprint density at radius 1 is 1.10 bits per heavy atom. The van der Waals surface area contributed by atoms with Crippen LogP contribution in [0.15, 0.2) is 57.7 Å². The normalized spacial score (nSPS) is 10.8. The highest BCUT2D eigenvalue weighted by Crippen LogP contribution is 2.24. The molecule has 3 heteroatoms. The molecular formula is C17H15NO2. The van der Waals surface area contributed by atoms with Crippen molar-refractivity contribution in [3.05, 3.63) is 64.3 Å². The highest BCUT2D eigenvalue weighted by Gasteiger charge is 2.07. The Kier molecular flexibility index (Phi) is 3.03. The largest absolute Gasteiger partial charge is 0.456 e. The first-order valence-electron chi connectivity index (χ1n) is 6.60. The summed E-state index contributed by atoms with van der Waals surface area (Å²) in [6.07, 6.45) is 0.895. The van der Waals surface area contributed by atoms with Crippen LogP contribution in [0.1, 0.15) is 12.5 Å². The average Bonchev–Trinajstić information content (AvgIpc) is 2.47. The predicted octanol–water partition coefficient (Wildman–Crippen LogP) is 3.60. The smallest absolute Gasteiger partial charge is 0.193 e. The van der Waals surface area contributed by atoms with E-state index in [9.17, 15) is 4.79 Å². The molecule has 0 aliphatic heterocycles. The van der Waals surface area contributed by atoms with Crippen molar-refractivity contribution in [3.8, 4) is 11.3 Å². The minimum atomic E-state index is -0.0287. The van der Waals surface area contributed by atoms with Crippen molar-refractivity contribution >= 4 is 16.7 Å². The highest BCUT2D eigenvalue weighted by molar-refractivity contribution is 5.79. The van der Waals surface area contributed by atoms with Gasteiger partial charge in [-0.15, -0.1) is 0 Å². The van der Waals surface area contributed by atoms with Crippen molar-refractivity contribution < 1.29 is 4.42 Å². The summed E-state index contributed by atoms with van der Waals surface area (Å²) in [5, 5.41) is 0.622. The van der Waals surface area contributed by atoms with E-state index in [1.165, 1.54) is 6.07 Å². The molecule has 2 aromatic carbocycles. The van der Waals surface area contributed by atoms with Gasteiger partial charge in [-0.3, -0.25) is 4.79 Å². The van der Waals surface area contributed by atoms with Gasteiger partial charge >= 0.3 is 0 Å². The molecule has 0 spiro atoms. The monoisotopic (exact) mass is 265 g/mol. The van der Waals surface area contributed by atoms with Crippen LogP contribution in [0.2, 0.25) is 0 Å². The van der Waals surface area contributed by atoms with E-state index in [1.807, 2.05) is 30.3 Å². The zero-order valence-electron chi connectivity index (χ0n) is 11.2. The van der Waals surface area contributed by atoms with Crippen molar-refractivity contribution in [2.45, 2.75) is 13.3 Å². The zero-order valence-corrected chi connectivity index (χ0v) is 11.2. The number of nitrogen functional groups attached to an aromatic ring is 1. The Balaban J connectivity index is 2.22. The summed E-state index contributed by atoms with van der Waals surface area (Å²) in [5.41, 5.74) is 8.92. The van der Waals surface area contributed by atoms with E-state index < -0.39 is 0 Å². The zero-order chi connectivity index (χ0) is 14.1. The Morgan fingerprint density at radius 2 is 1.95 bits per heavy atom. The first-order valence-corrected chi connectivity index (χ1v) is 6.60. The summed E-state index contributed by atoms with van der Waals surface area (Å²) < 4.78 is 5.83. The van der Waals surface area contributed by atoms with E-state index in [0.29, 0.717) is 22.4 Å². The van der Waals surface area contributed by atoms with Gasteiger partial charge in [0.25, 0.3) is 0 Å². The molecule has 1 aromatic heterocycles. The molecule has 0 amide bonds. The van der Waals surface area contributed by atoms with Gasteiger partial charge < -0.3 is 10.2 Å². The fraction of sp³-hybridized carbons (Fsp3) is 0.118. The first-order chi connectivity index (χ1) is 9.67. The van der Waals surface area contributed by atoms with Gasteiger partial charge in [0.15, 0.2) is 5.43 Å². The molecule has 100 valence electrons. The van der Waals surface area contributed by atoms with Gasteiger partial charge in [0.1, 0.15) is 11.3 Å². The molecule has 3 nitrogen and oxygen atoms in total. The number of nitrogens with two attached hydrogens (primary N) is 1. The molecule has 0 saturated carbocycles. The summed E-state index contributed by atoms with van der Waals surface area (Å²) in [6, 6.07) is 14.6. The number of aryl methyl sites for hydroxylation is 1. The van der Waals surface area contributed by atoms with Crippen LogP contribution < -0.4 is 11.2 Å². The van der Waals surface area contributed by atoms with Crippen LogP contribution in [-0.2, 0) is 6.42 Å². The third-order valence-corrected chi connectivity index (χ3v) is 3.37. The van der Waals surface area contributed by atoms with E-state index in [4.69, 9.17) is 10.2 Å². The molecule has 2 N–H and O–H groups in total. The van der Waals surface area contributed by atoms with Crippen molar-refractivity contribution in [1.82, 2.24) is 0 Å². The van der Waals surface area contributed by atoms with Crippen LogP contribution in [0.4, 0.5) is 5.69 Å². The van der Waals surface area contributed by atoms with Gasteiger partial charge in [-0.2, -0.15) is 0 Å². The van der Waals surface area contributed by atoms with E-state index in [-0.39, 0.29) is 5.43 Å². The average molecular weight is 265 g/mol. The van der Waals surface area contributed by atoms with Crippen LogP contribution in [0.3, 0.4) is 0 Å². The Hall–Kier alpha value is -2.55. The molecule has 0 aliphatic rings. The summed E-state index contributed by atoms with van der Waals surface area (Å²) in [6.45, 7) is 2.06.